The SMILES string of the molecule is COc1ccccc1S(=O)(=Nc1cccc2cccnc12)C(C)(C)C. The zero-order valence-corrected chi connectivity index (χ0v) is 15.7. The van der Waals surface area contributed by atoms with E-state index in [0.29, 0.717) is 16.3 Å². The maximum absolute atomic E-state index is 14.1. The molecule has 130 valence electrons. The van der Waals surface area contributed by atoms with Gasteiger partial charge in [-0.05, 0) is 45.0 Å². The van der Waals surface area contributed by atoms with E-state index in [-0.39, 0.29) is 0 Å². The first-order chi connectivity index (χ1) is 11.9. The Bertz CT molecular complexity index is 1020. The van der Waals surface area contributed by atoms with Crippen molar-refractivity contribution >= 4 is 26.3 Å². The number of para-hydroxylation sites is 2. The van der Waals surface area contributed by atoms with E-state index >= 15 is 0 Å². The second-order valence-electron chi connectivity index (χ2n) is 6.73. The highest BCUT2D eigenvalue weighted by atomic mass is 32.2. The van der Waals surface area contributed by atoms with Crippen LogP contribution in [0.5, 0.6) is 5.75 Å². The molecule has 0 bridgehead atoms. The Morgan fingerprint density at radius 1 is 1.00 bits per heavy atom. The van der Waals surface area contributed by atoms with Gasteiger partial charge in [-0.25, -0.2) is 4.21 Å². The van der Waals surface area contributed by atoms with E-state index in [2.05, 4.69) is 4.98 Å². The van der Waals surface area contributed by atoms with Crippen LogP contribution in [0.15, 0.2) is 70.1 Å². The molecule has 3 rings (SSSR count). The molecule has 0 aliphatic carbocycles. The summed E-state index contributed by atoms with van der Waals surface area (Å²) < 4.78 is 23.8. The number of hydrogen-bond donors (Lipinski definition) is 0. The van der Waals surface area contributed by atoms with Gasteiger partial charge < -0.3 is 4.74 Å². The molecule has 0 aliphatic rings. The highest BCUT2D eigenvalue weighted by Crippen LogP contribution is 2.37. The fourth-order valence-electron chi connectivity index (χ4n) is 2.66. The molecule has 5 heteroatoms. The molecule has 3 aromatic rings. The minimum absolute atomic E-state index is 0.583. The fourth-order valence-corrected chi connectivity index (χ4v) is 4.81. The van der Waals surface area contributed by atoms with Crippen LogP contribution in [0.4, 0.5) is 5.69 Å². The molecule has 0 saturated heterocycles. The predicted molar refractivity (Wildman–Crippen MR) is 103 cm³/mol. The van der Waals surface area contributed by atoms with E-state index in [0.717, 1.165) is 10.9 Å². The first kappa shape index (κ1) is 17.4. The van der Waals surface area contributed by atoms with Crippen LogP contribution < -0.4 is 4.74 Å². The summed E-state index contributed by atoms with van der Waals surface area (Å²) in [6.45, 7) is 5.80. The first-order valence-corrected chi connectivity index (χ1v) is 9.62. The third-order valence-corrected chi connectivity index (χ3v) is 7.08. The molecule has 1 atom stereocenters. The number of hydrogen-bond acceptors (Lipinski definition) is 4. The Morgan fingerprint density at radius 3 is 2.44 bits per heavy atom. The summed E-state index contributed by atoms with van der Waals surface area (Å²) in [5, 5.41) is 0.972. The second kappa shape index (κ2) is 6.48. The first-order valence-electron chi connectivity index (χ1n) is 8.10. The number of benzene rings is 2. The molecule has 0 saturated carbocycles. The summed E-state index contributed by atoms with van der Waals surface area (Å²) in [5.41, 5.74) is 1.38. The molecule has 1 heterocycles. The van der Waals surface area contributed by atoms with Crippen LogP contribution in [0.3, 0.4) is 0 Å². The molecule has 2 aromatic carbocycles. The highest BCUT2D eigenvalue weighted by molar-refractivity contribution is 7.95. The van der Waals surface area contributed by atoms with Crippen molar-refractivity contribution in [2.45, 2.75) is 30.4 Å². The lowest BCUT2D eigenvalue weighted by Gasteiger charge is -2.26. The average molecular weight is 354 g/mol. The largest absolute Gasteiger partial charge is 0.495 e. The molecule has 1 unspecified atom stereocenters. The van der Waals surface area contributed by atoms with Gasteiger partial charge in [0, 0.05) is 11.6 Å². The van der Waals surface area contributed by atoms with Gasteiger partial charge in [0.25, 0.3) is 0 Å². The van der Waals surface area contributed by atoms with Gasteiger partial charge in [-0.1, -0.05) is 30.3 Å². The van der Waals surface area contributed by atoms with Crippen LogP contribution in [0.25, 0.3) is 10.9 Å². The van der Waals surface area contributed by atoms with Gasteiger partial charge in [-0.3, -0.25) is 4.98 Å². The Morgan fingerprint density at radius 2 is 1.72 bits per heavy atom. The maximum Gasteiger partial charge on any atom is 0.135 e. The normalized spacial score (nSPS) is 14.1. The molecule has 0 aliphatic heterocycles. The molecule has 0 N–H and O–H groups in total. The summed E-state index contributed by atoms with van der Waals surface area (Å²) in [6.07, 6.45) is 1.73. The van der Waals surface area contributed by atoms with Crippen molar-refractivity contribution in [2.24, 2.45) is 4.36 Å². The molecule has 0 fully saturated rings. The van der Waals surface area contributed by atoms with Gasteiger partial charge in [-0.15, -0.1) is 0 Å². The van der Waals surface area contributed by atoms with Crippen molar-refractivity contribution in [3.8, 4) is 5.75 Å². The third-order valence-electron chi connectivity index (χ3n) is 4.04. The van der Waals surface area contributed by atoms with E-state index in [4.69, 9.17) is 9.10 Å². The number of aromatic nitrogens is 1. The van der Waals surface area contributed by atoms with Gasteiger partial charge in [-0.2, -0.15) is 4.36 Å². The summed E-state index contributed by atoms with van der Waals surface area (Å²) in [6, 6.07) is 17.0. The van der Waals surface area contributed by atoms with Crippen LogP contribution >= 0.6 is 0 Å². The number of fused-ring (bicyclic) bond motifs is 1. The average Bonchev–Trinajstić information content (AvgIpc) is 2.61. The van der Waals surface area contributed by atoms with E-state index < -0.39 is 14.5 Å². The van der Waals surface area contributed by atoms with Gasteiger partial charge >= 0.3 is 0 Å². The maximum atomic E-state index is 14.1. The minimum atomic E-state index is -2.81. The van der Waals surface area contributed by atoms with Gasteiger partial charge in [0.15, 0.2) is 0 Å². The van der Waals surface area contributed by atoms with Gasteiger partial charge in [0.2, 0.25) is 0 Å². The predicted octanol–water partition coefficient (Wildman–Crippen LogP) is 5.20. The van der Waals surface area contributed by atoms with E-state index in [9.17, 15) is 4.21 Å². The third kappa shape index (κ3) is 3.12. The number of ether oxygens (including phenoxy) is 1. The van der Waals surface area contributed by atoms with Crippen molar-refractivity contribution in [1.82, 2.24) is 4.98 Å². The van der Waals surface area contributed by atoms with Crippen LogP contribution in [0.2, 0.25) is 0 Å². The van der Waals surface area contributed by atoms with E-state index in [1.165, 1.54) is 0 Å². The number of methoxy groups -OCH3 is 1. The van der Waals surface area contributed by atoms with Crippen molar-refractivity contribution in [2.75, 3.05) is 7.11 Å². The zero-order chi connectivity index (χ0) is 18.1. The fraction of sp³-hybridized carbons (Fsp3) is 0.250. The summed E-state index contributed by atoms with van der Waals surface area (Å²) in [7, 11) is -1.23. The van der Waals surface area contributed by atoms with Crippen molar-refractivity contribution in [3.05, 3.63) is 60.8 Å². The van der Waals surface area contributed by atoms with Crippen LogP contribution in [-0.2, 0) is 9.73 Å². The number of nitrogens with zero attached hydrogens (tertiary/aromatic N) is 2. The molecular weight excluding hydrogens is 332 g/mol. The number of pyridine rings is 1. The van der Waals surface area contributed by atoms with E-state index in [1.54, 1.807) is 13.3 Å². The van der Waals surface area contributed by atoms with Gasteiger partial charge in [0.05, 0.1) is 37.7 Å². The highest BCUT2D eigenvalue weighted by Gasteiger charge is 2.31. The summed E-state index contributed by atoms with van der Waals surface area (Å²) >= 11 is 0. The zero-order valence-electron chi connectivity index (χ0n) is 14.9. The van der Waals surface area contributed by atoms with Crippen LogP contribution in [0, 0.1) is 0 Å². The Hall–Kier alpha value is -2.40. The molecule has 0 amide bonds. The lowest BCUT2D eigenvalue weighted by molar-refractivity contribution is 0.403. The van der Waals surface area contributed by atoms with Gasteiger partial charge in [0.1, 0.15) is 5.75 Å². The van der Waals surface area contributed by atoms with Crippen LogP contribution in [-0.4, -0.2) is 21.0 Å². The lowest BCUT2D eigenvalue weighted by atomic mass is 10.2. The molecule has 4 nitrogen and oxygen atoms in total. The number of rotatable bonds is 3. The quantitative estimate of drug-likeness (QED) is 0.649. The topological polar surface area (TPSA) is 51.5 Å². The lowest BCUT2D eigenvalue weighted by Crippen LogP contribution is -2.28. The summed E-state index contributed by atoms with van der Waals surface area (Å²) in [5.74, 6) is 0.583. The van der Waals surface area contributed by atoms with E-state index in [1.807, 2.05) is 75.4 Å². The van der Waals surface area contributed by atoms with Crippen molar-refractivity contribution in [1.29, 1.82) is 0 Å². The molecule has 1 aromatic heterocycles. The molecule has 25 heavy (non-hydrogen) atoms. The standard InChI is InChI=1S/C20H22N2O2S/c1-20(2,3)25(23,18-13-6-5-12-17(18)24-4)22-16-11-7-9-15-10-8-14-21-19(15)16/h5-14H,1-4H3. The van der Waals surface area contributed by atoms with Crippen molar-refractivity contribution < 1.29 is 8.95 Å². The molecular formula is C20H22N2O2S. The smallest absolute Gasteiger partial charge is 0.135 e. The monoisotopic (exact) mass is 354 g/mol. The van der Waals surface area contributed by atoms with Crippen LogP contribution in [0.1, 0.15) is 20.8 Å². The Kier molecular flexibility index (Phi) is 4.52. The minimum Gasteiger partial charge on any atom is -0.495 e. The summed E-state index contributed by atoms with van der Waals surface area (Å²) in [4.78, 5) is 5.04. The molecule has 0 radical (unpaired) electrons. The molecule has 0 spiro atoms. The Balaban J connectivity index is 2.37. The second-order valence-corrected chi connectivity index (χ2v) is 9.63. The van der Waals surface area contributed by atoms with Crippen molar-refractivity contribution in [3.63, 3.8) is 0 Å². The Labute approximate surface area is 149 Å².